The Morgan fingerprint density at radius 1 is 1.03 bits per heavy atom. The highest BCUT2D eigenvalue weighted by atomic mass is 32.1. The van der Waals surface area contributed by atoms with E-state index in [0.717, 1.165) is 62.3 Å². The summed E-state index contributed by atoms with van der Waals surface area (Å²) in [6, 6.07) is 10.9. The number of aromatic amines is 2. The molecule has 6 aromatic heterocycles. The van der Waals surface area contributed by atoms with Crippen LogP contribution in [0.25, 0.3) is 55.0 Å². The number of thiophene rings is 1. The third-order valence-corrected chi connectivity index (χ3v) is 7.20. The maximum Gasteiger partial charge on any atom is 0.227 e. The lowest BCUT2D eigenvalue weighted by molar-refractivity contribution is -0.117. The van der Waals surface area contributed by atoms with Crippen molar-refractivity contribution in [1.29, 1.82) is 0 Å². The Hall–Kier alpha value is -4.44. The number of carbonyl (C=O) groups excluding carboxylic acids is 1. The zero-order valence-corrected chi connectivity index (χ0v) is 19.6. The number of hydrogen-bond donors (Lipinski definition) is 3. The van der Waals surface area contributed by atoms with E-state index in [4.69, 9.17) is 4.98 Å². The van der Waals surface area contributed by atoms with Gasteiger partial charge < -0.3 is 10.3 Å². The van der Waals surface area contributed by atoms with Crippen molar-refractivity contribution in [2.75, 3.05) is 5.32 Å². The first-order valence-electron chi connectivity index (χ1n) is 11.5. The third kappa shape index (κ3) is 3.62. The number of nitrogens with one attached hydrogen (secondary N) is 3. The number of halogens is 1. The summed E-state index contributed by atoms with van der Waals surface area (Å²) in [7, 11) is 0. The quantitative estimate of drug-likeness (QED) is 0.281. The Bertz CT molecular complexity index is 1780. The number of nitrogens with zero attached hydrogens (tertiary/aromatic N) is 4. The van der Waals surface area contributed by atoms with Crippen molar-refractivity contribution in [1.82, 2.24) is 30.1 Å². The molecule has 1 amide bonds. The van der Waals surface area contributed by atoms with Gasteiger partial charge in [0.2, 0.25) is 5.91 Å². The zero-order chi connectivity index (χ0) is 24.2. The minimum atomic E-state index is -0.238. The number of carbonyl (C=O) groups is 1. The molecule has 1 saturated carbocycles. The summed E-state index contributed by atoms with van der Waals surface area (Å²) in [5.41, 5.74) is 6.77. The van der Waals surface area contributed by atoms with Crippen LogP contribution >= 0.6 is 11.3 Å². The maximum atomic E-state index is 13.7. The van der Waals surface area contributed by atoms with Gasteiger partial charge in [-0.25, -0.2) is 4.98 Å². The van der Waals surface area contributed by atoms with E-state index in [1.165, 1.54) is 6.07 Å². The molecule has 176 valence electrons. The highest BCUT2D eigenvalue weighted by Crippen LogP contribution is 2.36. The van der Waals surface area contributed by atoms with E-state index in [9.17, 15) is 9.18 Å². The smallest absolute Gasteiger partial charge is 0.227 e. The first-order valence-corrected chi connectivity index (χ1v) is 12.3. The minimum absolute atomic E-state index is 0.0347. The molecule has 8 nitrogen and oxygen atoms in total. The number of amides is 1. The lowest BCUT2D eigenvalue weighted by Gasteiger charge is -2.06. The van der Waals surface area contributed by atoms with Crippen LogP contribution in [0.1, 0.15) is 12.8 Å². The van der Waals surface area contributed by atoms with Crippen molar-refractivity contribution in [2.45, 2.75) is 12.8 Å². The van der Waals surface area contributed by atoms with Crippen LogP contribution in [0.2, 0.25) is 0 Å². The molecule has 10 heteroatoms. The molecule has 0 unspecified atom stereocenters. The Kier molecular flexibility index (Phi) is 4.68. The summed E-state index contributed by atoms with van der Waals surface area (Å²) in [4.78, 5) is 29.8. The van der Waals surface area contributed by atoms with E-state index < -0.39 is 0 Å². The van der Waals surface area contributed by atoms with Gasteiger partial charge in [-0.1, -0.05) is 0 Å². The van der Waals surface area contributed by atoms with Crippen LogP contribution in [0, 0.1) is 11.0 Å². The molecule has 0 saturated heterocycles. The molecule has 0 aromatic carbocycles. The van der Waals surface area contributed by atoms with E-state index in [1.807, 2.05) is 24.3 Å². The second kappa shape index (κ2) is 8.06. The van der Waals surface area contributed by atoms with E-state index in [1.54, 1.807) is 30.9 Å². The molecule has 1 aliphatic rings. The maximum absolute atomic E-state index is 13.7. The van der Waals surface area contributed by atoms with Gasteiger partial charge in [-0.15, -0.1) is 11.3 Å². The van der Waals surface area contributed by atoms with E-state index in [2.05, 4.69) is 30.5 Å². The van der Waals surface area contributed by atoms with Crippen LogP contribution < -0.4 is 5.32 Å². The summed E-state index contributed by atoms with van der Waals surface area (Å²) >= 11 is 1.09. The fraction of sp³-hybridized carbons (Fsp3) is 0.115. The van der Waals surface area contributed by atoms with Gasteiger partial charge >= 0.3 is 0 Å². The predicted molar refractivity (Wildman–Crippen MR) is 137 cm³/mol. The molecule has 1 aliphatic carbocycles. The van der Waals surface area contributed by atoms with Gasteiger partial charge in [0.05, 0.1) is 40.5 Å². The highest BCUT2D eigenvalue weighted by Gasteiger charge is 2.29. The average Bonchev–Trinajstić information content (AvgIpc) is 3.30. The molecule has 0 bridgehead atoms. The molecule has 0 aliphatic heterocycles. The first-order chi connectivity index (χ1) is 17.6. The van der Waals surface area contributed by atoms with Gasteiger partial charge in [0.1, 0.15) is 11.2 Å². The van der Waals surface area contributed by atoms with Gasteiger partial charge in [0.25, 0.3) is 0 Å². The molecule has 0 atom stereocenters. The van der Waals surface area contributed by atoms with E-state index >= 15 is 0 Å². The number of rotatable bonds is 5. The SMILES string of the molecule is O=C(Nc1cncc(-c2ccc3[nH]nc(-c4cc5c(-c6ccc(F)s6)cncc5[nH]4)c3n2)c1)C1CC1. The summed E-state index contributed by atoms with van der Waals surface area (Å²) in [6.45, 7) is 0. The van der Waals surface area contributed by atoms with Crippen LogP contribution in [-0.2, 0) is 4.79 Å². The monoisotopic (exact) mass is 495 g/mol. The Labute approximate surface area is 207 Å². The number of pyridine rings is 3. The second-order valence-electron chi connectivity index (χ2n) is 8.83. The van der Waals surface area contributed by atoms with Gasteiger partial charge in [0.15, 0.2) is 5.13 Å². The van der Waals surface area contributed by atoms with Gasteiger partial charge in [-0.05, 0) is 49.2 Å². The van der Waals surface area contributed by atoms with Gasteiger partial charge in [0, 0.05) is 39.7 Å². The average molecular weight is 496 g/mol. The summed E-state index contributed by atoms with van der Waals surface area (Å²) in [5.74, 6) is 0.148. The standard InChI is InChI=1S/C26H18FN7OS/c27-23-6-5-22(36-23)17-11-29-12-21-16(17)8-20(31-21)25-24-19(33-34-25)4-3-18(32-24)14-7-15(10-28-9-14)30-26(35)13-1-2-13/h3-13,31H,1-2H2,(H,30,35)(H,33,34). The number of H-pyrrole nitrogens is 2. The zero-order valence-electron chi connectivity index (χ0n) is 18.7. The molecule has 36 heavy (non-hydrogen) atoms. The van der Waals surface area contributed by atoms with Gasteiger partial charge in [-0.2, -0.15) is 9.49 Å². The molecule has 1 fully saturated rings. The Morgan fingerprint density at radius 3 is 2.75 bits per heavy atom. The molecule has 0 spiro atoms. The fourth-order valence-electron chi connectivity index (χ4n) is 4.32. The topological polar surface area (TPSA) is 112 Å². The van der Waals surface area contributed by atoms with E-state index in [0.29, 0.717) is 22.6 Å². The predicted octanol–water partition coefficient (Wildman–Crippen LogP) is 5.78. The number of aromatic nitrogens is 6. The lowest BCUT2D eigenvalue weighted by atomic mass is 10.1. The summed E-state index contributed by atoms with van der Waals surface area (Å²) in [6.07, 6.45) is 8.73. The van der Waals surface area contributed by atoms with Crippen LogP contribution in [0.5, 0.6) is 0 Å². The molecule has 0 radical (unpaired) electrons. The van der Waals surface area contributed by atoms with Gasteiger partial charge in [-0.3, -0.25) is 19.9 Å². The minimum Gasteiger partial charge on any atom is -0.352 e. The molecule has 3 N–H and O–H groups in total. The number of fused-ring (bicyclic) bond motifs is 2. The number of hydrogen-bond acceptors (Lipinski definition) is 6. The largest absolute Gasteiger partial charge is 0.352 e. The van der Waals surface area contributed by atoms with E-state index in [-0.39, 0.29) is 17.0 Å². The van der Waals surface area contributed by atoms with Crippen LogP contribution in [0.3, 0.4) is 0 Å². The lowest BCUT2D eigenvalue weighted by Crippen LogP contribution is -2.13. The first kappa shape index (κ1) is 20.9. The third-order valence-electron chi connectivity index (χ3n) is 6.30. The summed E-state index contributed by atoms with van der Waals surface area (Å²) < 4.78 is 13.7. The Balaban J connectivity index is 1.28. The van der Waals surface area contributed by atoms with Crippen molar-refractivity contribution in [3.05, 3.63) is 66.3 Å². The van der Waals surface area contributed by atoms with Crippen molar-refractivity contribution in [2.24, 2.45) is 5.92 Å². The van der Waals surface area contributed by atoms with Crippen LogP contribution in [0.4, 0.5) is 10.1 Å². The van der Waals surface area contributed by atoms with Crippen molar-refractivity contribution < 1.29 is 9.18 Å². The summed E-state index contributed by atoms with van der Waals surface area (Å²) in [5, 5.41) is 11.2. The molecule has 7 rings (SSSR count). The van der Waals surface area contributed by atoms with Crippen molar-refractivity contribution in [3.8, 4) is 33.1 Å². The molecule has 6 heterocycles. The Morgan fingerprint density at radius 2 is 1.92 bits per heavy atom. The van der Waals surface area contributed by atoms with Crippen LogP contribution in [-0.4, -0.2) is 36.0 Å². The number of anilines is 1. The molecular formula is C26H18FN7OS. The molecule has 6 aromatic rings. The van der Waals surface area contributed by atoms with Crippen molar-refractivity contribution in [3.63, 3.8) is 0 Å². The second-order valence-corrected chi connectivity index (χ2v) is 9.86. The highest BCUT2D eigenvalue weighted by molar-refractivity contribution is 7.14. The fourth-order valence-corrected chi connectivity index (χ4v) is 5.07. The normalized spacial score (nSPS) is 13.5. The molecular weight excluding hydrogens is 477 g/mol. The van der Waals surface area contributed by atoms with Crippen molar-refractivity contribution >= 4 is 44.9 Å². The van der Waals surface area contributed by atoms with Crippen LogP contribution in [0.15, 0.2) is 61.2 Å².